The van der Waals surface area contributed by atoms with Gasteiger partial charge in [-0.05, 0) is 41.6 Å². The van der Waals surface area contributed by atoms with Gasteiger partial charge in [-0.15, -0.1) is 23.1 Å². The molecule has 2 aromatic rings. The van der Waals surface area contributed by atoms with Gasteiger partial charge < -0.3 is 4.90 Å². The first-order chi connectivity index (χ1) is 9.78. The fourth-order valence-electron chi connectivity index (χ4n) is 2.54. The number of halogens is 1. The number of amidine groups is 1. The van der Waals surface area contributed by atoms with E-state index in [-0.39, 0.29) is 5.82 Å². The van der Waals surface area contributed by atoms with Crippen molar-refractivity contribution in [3.8, 4) is 0 Å². The highest BCUT2D eigenvalue weighted by Gasteiger charge is 2.33. The molecule has 2 nitrogen and oxygen atoms in total. The van der Waals surface area contributed by atoms with Gasteiger partial charge in [-0.2, -0.15) is 0 Å². The number of rotatable bonds is 2. The van der Waals surface area contributed by atoms with Gasteiger partial charge in [0.25, 0.3) is 0 Å². The Balaban J connectivity index is 1.90. The first-order valence-electron chi connectivity index (χ1n) is 6.23. The van der Waals surface area contributed by atoms with Gasteiger partial charge >= 0.3 is 0 Å². The maximum Gasteiger partial charge on any atom is 0.169 e. The number of hydrogen-bond acceptors (Lipinski definition) is 5. The molecule has 0 saturated heterocycles. The summed E-state index contributed by atoms with van der Waals surface area (Å²) in [5, 5.41) is 3.70. The molecule has 2 aliphatic heterocycles. The maximum atomic E-state index is 14.2. The van der Waals surface area contributed by atoms with Gasteiger partial charge in [-0.1, -0.05) is 0 Å². The molecular formula is C14H11FN2S3. The summed E-state index contributed by atoms with van der Waals surface area (Å²) in [5.74, 6) is -0.138. The Bertz CT molecular complexity index is 763. The molecule has 6 heteroatoms. The molecule has 1 aromatic heterocycles. The van der Waals surface area contributed by atoms with Crippen LogP contribution >= 0.6 is 34.9 Å². The number of nitrogens with zero attached hydrogens (tertiary/aromatic N) is 2. The first-order valence-corrected chi connectivity index (χ1v) is 9.15. The van der Waals surface area contributed by atoms with E-state index in [1.54, 1.807) is 40.9 Å². The van der Waals surface area contributed by atoms with Crippen LogP contribution in [0.1, 0.15) is 5.56 Å². The predicted octanol–water partition coefficient (Wildman–Crippen LogP) is 4.45. The van der Waals surface area contributed by atoms with Crippen LogP contribution in [0.5, 0.6) is 0 Å². The van der Waals surface area contributed by atoms with Gasteiger partial charge in [0.05, 0.1) is 16.5 Å². The smallest absolute Gasteiger partial charge is 0.169 e. The zero-order valence-corrected chi connectivity index (χ0v) is 13.2. The summed E-state index contributed by atoms with van der Waals surface area (Å²) in [6.45, 7) is 1.73. The molecule has 0 unspecified atom stereocenters. The third-order valence-electron chi connectivity index (χ3n) is 3.43. The molecule has 1 aromatic carbocycles. The Labute approximate surface area is 128 Å². The standard InChI is InChI=1S/C14H11FN2S3/c1-18-13-12(17-4-3-16-14(17)20-13)8-6-10(15)9-2-5-19-11(9)7-8/h2,5-7H,3-4H2,1H3. The third kappa shape index (κ3) is 1.82. The number of thioether (sulfide) groups is 2. The zero-order chi connectivity index (χ0) is 13.7. The lowest BCUT2D eigenvalue weighted by Gasteiger charge is -2.17. The van der Waals surface area contributed by atoms with Crippen molar-refractivity contribution in [2.24, 2.45) is 4.99 Å². The van der Waals surface area contributed by atoms with E-state index in [1.165, 1.54) is 4.24 Å². The number of aliphatic imine (C=N–C) groups is 1. The summed E-state index contributed by atoms with van der Waals surface area (Å²) >= 11 is 4.99. The fraction of sp³-hybridized carbons (Fsp3) is 0.214. The van der Waals surface area contributed by atoms with Crippen molar-refractivity contribution in [1.82, 2.24) is 4.90 Å². The minimum atomic E-state index is -0.138. The molecule has 0 aliphatic carbocycles. The van der Waals surface area contributed by atoms with Crippen LogP contribution < -0.4 is 0 Å². The highest BCUT2D eigenvalue weighted by Crippen LogP contribution is 2.46. The van der Waals surface area contributed by atoms with Crippen molar-refractivity contribution in [3.05, 3.63) is 39.2 Å². The van der Waals surface area contributed by atoms with Crippen molar-refractivity contribution < 1.29 is 4.39 Å². The minimum Gasteiger partial charge on any atom is -0.317 e. The van der Waals surface area contributed by atoms with Gasteiger partial charge in [0.15, 0.2) is 5.17 Å². The van der Waals surface area contributed by atoms with E-state index in [0.717, 1.165) is 34.2 Å². The monoisotopic (exact) mass is 322 g/mol. The van der Waals surface area contributed by atoms with E-state index in [2.05, 4.69) is 22.2 Å². The van der Waals surface area contributed by atoms with Gasteiger partial charge in [-0.25, -0.2) is 4.39 Å². The Morgan fingerprint density at radius 1 is 1.40 bits per heavy atom. The lowest BCUT2D eigenvalue weighted by Crippen LogP contribution is -2.20. The van der Waals surface area contributed by atoms with Crippen LogP contribution in [0.2, 0.25) is 0 Å². The van der Waals surface area contributed by atoms with E-state index < -0.39 is 0 Å². The third-order valence-corrected chi connectivity index (χ3v) is 6.52. The van der Waals surface area contributed by atoms with E-state index in [9.17, 15) is 4.39 Å². The second-order valence-corrected chi connectivity index (χ2v) is 7.55. The Morgan fingerprint density at radius 3 is 3.15 bits per heavy atom. The van der Waals surface area contributed by atoms with Crippen LogP contribution in [0.15, 0.2) is 32.8 Å². The largest absolute Gasteiger partial charge is 0.317 e. The summed E-state index contributed by atoms with van der Waals surface area (Å²) < 4.78 is 16.4. The fourth-order valence-corrected chi connectivity index (χ4v) is 5.29. The predicted molar refractivity (Wildman–Crippen MR) is 88.8 cm³/mol. The van der Waals surface area contributed by atoms with Gasteiger partial charge in [-0.3, -0.25) is 4.99 Å². The van der Waals surface area contributed by atoms with Crippen LogP contribution in [-0.4, -0.2) is 29.4 Å². The summed E-state index contributed by atoms with van der Waals surface area (Å²) in [6, 6.07) is 5.59. The molecule has 2 aliphatic rings. The Kier molecular flexibility index (Phi) is 3.05. The molecule has 4 rings (SSSR count). The summed E-state index contributed by atoms with van der Waals surface area (Å²) in [6.07, 6.45) is 2.06. The zero-order valence-electron chi connectivity index (χ0n) is 10.7. The maximum absolute atomic E-state index is 14.2. The molecule has 0 amide bonds. The van der Waals surface area contributed by atoms with Crippen LogP contribution in [0.4, 0.5) is 4.39 Å². The number of thiophene rings is 1. The Morgan fingerprint density at radius 2 is 2.30 bits per heavy atom. The molecule has 0 radical (unpaired) electrons. The molecule has 0 spiro atoms. The second kappa shape index (κ2) is 4.79. The topological polar surface area (TPSA) is 15.6 Å². The molecule has 3 heterocycles. The molecule has 0 N–H and O–H groups in total. The van der Waals surface area contributed by atoms with Gasteiger partial charge in [0.1, 0.15) is 5.82 Å². The molecule has 0 bridgehead atoms. The molecule has 0 atom stereocenters. The van der Waals surface area contributed by atoms with Crippen molar-refractivity contribution in [2.45, 2.75) is 0 Å². The van der Waals surface area contributed by atoms with Crippen LogP contribution in [0, 0.1) is 5.82 Å². The van der Waals surface area contributed by atoms with Gasteiger partial charge in [0.2, 0.25) is 0 Å². The SMILES string of the molecule is CSC1=C(c2cc(F)c3ccsc3c2)N2CCN=C2S1. The van der Waals surface area contributed by atoms with Crippen molar-refractivity contribution in [2.75, 3.05) is 19.3 Å². The molecule has 0 saturated carbocycles. The molecule has 102 valence electrons. The summed E-state index contributed by atoms with van der Waals surface area (Å²) in [4.78, 5) is 6.72. The summed E-state index contributed by atoms with van der Waals surface area (Å²) in [7, 11) is 0. The highest BCUT2D eigenvalue weighted by molar-refractivity contribution is 8.30. The average molecular weight is 322 g/mol. The number of fused-ring (bicyclic) bond motifs is 2. The lowest BCUT2D eigenvalue weighted by molar-refractivity contribution is 0.632. The summed E-state index contributed by atoms with van der Waals surface area (Å²) in [5.41, 5.74) is 2.08. The number of benzene rings is 1. The number of hydrogen-bond donors (Lipinski definition) is 0. The van der Waals surface area contributed by atoms with Crippen molar-refractivity contribution in [3.63, 3.8) is 0 Å². The first kappa shape index (κ1) is 12.7. The normalized spacial score (nSPS) is 18.1. The van der Waals surface area contributed by atoms with E-state index in [1.807, 2.05) is 11.4 Å². The molecular weight excluding hydrogens is 311 g/mol. The van der Waals surface area contributed by atoms with E-state index in [4.69, 9.17) is 0 Å². The van der Waals surface area contributed by atoms with Crippen LogP contribution in [-0.2, 0) is 0 Å². The molecule has 0 fully saturated rings. The van der Waals surface area contributed by atoms with E-state index in [0.29, 0.717) is 5.39 Å². The lowest BCUT2D eigenvalue weighted by atomic mass is 10.1. The van der Waals surface area contributed by atoms with Crippen molar-refractivity contribution in [1.29, 1.82) is 0 Å². The average Bonchev–Trinajstić information content (AvgIpc) is 3.12. The highest BCUT2D eigenvalue weighted by atomic mass is 32.2. The Hall–Kier alpha value is -0.980. The molecule has 20 heavy (non-hydrogen) atoms. The van der Waals surface area contributed by atoms with Crippen molar-refractivity contribution >= 4 is 55.8 Å². The van der Waals surface area contributed by atoms with Gasteiger partial charge in [0, 0.05) is 22.2 Å². The second-order valence-electron chi connectivity index (χ2n) is 4.55. The quantitative estimate of drug-likeness (QED) is 0.812. The van der Waals surface area contributed by atoms with Crippen LogP contribution in [0.3, 0.4) is 0 Å². The van der Waals surface area contributed by atoms with E-state index >= 15 is 0 Å². The van der Waals surface area contributed by atoms with Crippen LogP contribution in [0.25, 0.3) is 15.8 Å². The minimum absolute atomic E-state index is 0.138.